The largest absolute Gasteiger partial charge is 0.480 e. The Bertz CT molecular complexity index is 657. The average molecular weight is 319 g/mol. The molecule has 0 aromatic heterocycles. The summed E-state index contributed by atoms with van der Waals surface area (Å²) in [5.41, 5.74) is 1.66. The van der Waals surface area contributed by atoms with Gasteiger partial charge in [0.15, 0.2) is 0 Å². The van der Waals surface area contributed by atoms with E-state index < -0.39 is 17.9 Å². The van der Waals surface area contributed by atoms with Gasteiger partial charge in [-0.25, -0.2) is 4.79 Å². The van der Waals surface area contributed by atoms with Crippen LogP contribution in [0.15, 0.2) is 18.2 Å². The first kappa shape index (κ1) is 16.8. The van der Waals surface area contributed by atoms with Crippen molar-refractivity contribution in [3.8, 4) is 0 Å². The molecule has 2 atom stereocenters. The molecule has 0 radical (unpaired) electrons. The van der Waals surface area contributed by atoms with Gasteiger partial charge < -0.3 is 20.6 Å². The van der Waals surface area contributed by atoms with E-state index in [-0.39, 0.29) is 17.9 Å². The first-order valence-corrected chi connectivity index (χ1v) is 7.43. The first-order chi connectivity index (χ1) is 10.7. The summed E-state index contributed by atoms with van der Waals surface area (Å²) in [7, 11) is 1.81. The highest BCUT2D eigenvalue weighted by molar-refractivity contribution is 6.05. The summed E-state index contributed by atoms with van der Waals surface area (Å²) in [6, 6.07) is 3.67. The molecule has 124 valence electrons. The molecule has 1 aromatic rings. The standard InChI is InChI=1S/C16H21N3O4/c1-8(2)13(16(22)23)18-15(21)10-5-6-12-11(7-10)17-14(20)9(3)19(12)4/h5-9,13H,1-4H3,(H,17,20)(H,18,21)(H,22,23)/t9?,13-/m0/s1. The molecule has 3 N–H and O–H groups in total. The number of carbonyl (C=O) groups is 3. The first-order valence-electron chi connectivity index (χ1n) is 7.43. The maximum absolute atomic E-state index is 12.3. The lowest BCUT2D eigenvalue weighted by molar-refractivity contribution is -0.140. The molecule has 0 fully saturated rings. The van der Waals surface area contributed by atoms with Crippen molar-refractivity contribution < 1.29 is 19.5 Å². The van der Waals surface area contributed by atoms with E-state index in [0.717, 1.165) is 5.69 Å². The van der Waals surface area contributed by atoms with E-state index in [4.69, 9.17) is 5.11 Å². The van der Waals surface area contributed by atoms with Crippen LogP contribution < -0.4 is 15.5 Å². The van der Waals surface area contributed by atoms with E-state index in [1.807, 2.05) is 4.90 Å². The lowest BCUT2D eigenvalue weighted by Crippen LogP contribution is -2.45. The zero-order valence-corrected chi connectivity index (χ0v) is 13.6. The molecule has 0 aliphatic carbocycles. The van der Waals surface area contributed by atoms with Crippen LogP contribution in [0, 0.1) is 5.92 Å². The number of nitrogens with one attached hydrogen (secondary N) is 2. The van der Waals surface area contributed by atoms with Gasteiger partial charge in [-0.05, 0) is 31.0 Å². The van der Waals surface area contributed by atoms with Gasteiger partial charge in [0.1, 0.15) is 12.1 Å². The topological polar surface area (TPSA) is 98.7 Å². The summed E-state index contributed by atoms with van der Waals surface area (Å²) in [5, 5.41) is 14.4. The molecule has 23 heavy (non-hydrogen) atoms. The van der Waals surface area contributed by atoms with Crippen LogP contribution in [0.3, 0.4) is 0 Å². The number of carboxylic acids is 1. The lowest BCUT2D eigenvalue weighted by Gasteiger charge is -2.33. The number of hydrogen-bond acceptors (Lipinski definition) is 4. The maximum Gasteiger partial charge on any atom is 0.326 e. The van der Waals surface area contributed by atoms with E-state index >= 15 is 0 Å². The summed E-state index contributed by atoms with van der Waals surface area (Å²) < 4.78 is 0. The molecule has 7 nitrogen and oxygen atoms in total. The van der Waals surface area contributed by atoms with E-state index in [0.29, 0.717) is 11.3 Å². The van der Waals surface area contributed by atoms with Crippen LogP contribution in [0.25, 0.3) is 0 Å². The highest BCUT2D eigenvalue weighted by atomic mass is 16.4. The molecule has 0 saturated heterocycles. The summed E-state index contributed by atoms with van der Waals surface area (Å²) in [6.07, 6.45) is 0. The Morgan fingerprint density at radius 3 is 2.57 bits per heavy atom. The number of hydrogen-bond donors (Lipinski definition) is 3. The summed E-state index contributed by atoms with van der Waals surface area (Å²) in [4.78, 5) is 37.2. The fraction of sp³-hybridized carbons (Fsp3) is 0.438. The number of nitrogens with zero attached hydrogens (tertiary/aromatic N) is 1. The average Bonchev–Trinajstić information content (AvgIpc) is 2.48. The van der Waals surface area contributed by atoms with Gasteiger partial charge in [0.2, 0.25) is 5.91 Å². The second kappa shape index (κ2) is 6.28. The van der Waals surface area contributed by atoms with Gasteiger partial charge in [0, 0.05) is 12.6 Å². The molecular formula is C16H21N3O4. The summed E-state index contributed by atoms with van der Waals surface area (Å²) >= 11 is 0. The van der Waals surface area contributed by atoms with Crippen molar-refractivity contribution in [2.75, 3.05) is 17.3 Å². The molecule has 1 aliphatic heterocycles. The van der Waals surface area contributed by atoms with E-state index in [1.165, 1.54) is 0 Å². The molecule has 2 amide bonds. The van der Waals surface area contributed by atoms with E-state index in [9.17, 15) is 14.4 Å². The minimum atomic E-state index is -1.08. The normalized spacial score (nSPS) is 18.2. The van der Waals surface area contributed by atoms with Gasteiger partial charge in [0.05, 0.1) is 11.4 Å². The van der Waals surface area contributed by atoms with Crippen molar-refractivity contribution in [1.82, 2.24) is 5.32 Å². The predicted molar refractivity (Wildman–Crippen MR) is 86.7 cm³/mol. The van der Waals surface area contributed by atoms with E-state index in [2.05, 4.69) is 10.6 Å². The van der Waals surface area contributed by atoms with Crippen molar-refractivity contribution >= 4 is 29.2 Å². The fourth-order valence-electron chi connectivity index (χ4n) is 2.44. The Morgan fingerprint density at radius 2 is 2.00 bits per heavy atom. The highest BCUT2D eigenvalue weighted by Gasteiger charge is 2.28. The summed E-state index contributed by atoms with van der Waals surface area (Å²) in [6.45, 7) is 5.24. The van der Waals surface area contributed by atoms with Crippen LogP contribution in [-0.4, -0.2) is 42.0 Å². The van der Waals surface area contributed by atoms with Crippen LogP contribution in [0.5, 0.6) is 0 Å². The van der Waals surface area contributed by atoms with Crippen molar-refractivity contribution in [3.05, 3.63) is 23.8 Å². The van der Waals surface area contributed by atoms with Crippen molar-refractivity contribution in [1.29, 1.82) is 0 Å². The molecule has 0 saturated carbocycles. The van der Waals surface area contributed by atoms with Gasteiger partial charge in [0.25, 0.3) is 5.91 Å². The number of carboxylic acid groups (broad SMARTS) is 1. The number of benzene rings is 1. The van der Waals surface area contributed by atoms with Gasteiger partial charge >= 0.3 is 5.97 Å². The van der Waals surface area contributed by atoms with Crippen LogP contribution in [0.1, 0.15) is 31.1 Å². The van der Waals surface area contributed by atoms with E-state index in [1.54, 1.807) is 46.0 Å². The maximum atomic E-state index is 12.3. The Hall–Kier alpha value is -2.57. The zero-order valence-electron chi connectivity index (χ0n) is 13.6. The number of anilines is 2. The Morgan fingerprint density at radius 1 is 1.35 bits per heavy atom. The molecule has 1 unspecified atom stereocenters. The highest BCUT2D eigenvalue weighted by Crippen LogP contribution is 2.31. The van der Waals surface area contributed by atoms with Crippen molar-refractivity contribution in [2.24, 2.45) is 5.92 Å². The lowest BCUT2D eigenvalue weighted by atomic mass is 10.0. The van der Waals surface area contributed by atoms with Crippen LogP contribution in [0.2, 0.25) is 0 Å². The fourth-order valence-corrected chi connectivity index (χ4v) is 2.44. The molecule has 0 spiro atoms. The van der Waals surface area contributed by atoms with Gasteiger partial charge in [-0.1, -0.05) is 13.8 Å². The third kappa shape index (κ3) is 3.28. The molecule has 1 heterocycles. The molecule has 0 bridgehead atoms. The predicted octanol–water partition coefficient (Wildman–Crippen LogP) is 1.30. The number of likely N-dealkylation sites (N-methyl/N-ethyl adjacent to an activating group) is 1. The summed E-state index contributed by atoms with van der Waals surface area (Å²) in [5.74, 6) is -1.94. The number of aliphatic carboxylic acids is 1. The molecule has 1 aliphatic rings. The van der Waals surface area contributed by atoms with Gasteiger partial charge in [-0.15, -0.1) is 0 Å². The smallest absolute Gasteiger partial charge is 0.326 e. The second-order valence-corrected chi connectivity index (χ2v) is 6.04. The van der Waals surface area contributed by atoms with Crippen molar-refractivity contribution in [2.45, 2.75) is 32.9 Å². The second-order valence-electron chi connectivity index (χ2n) is 6.04. The molecule has 7 heteroatoms. The number of carbonyl (C=O) groups excluding carboxylic acids is 2. The minimum absolute atomic E-state index is 0.150. The third-order valence-electron chi connectivity index (χ3n) is 4.08. The van der Waals surface area contributed by atoms with Crippen LogP contribution in [0.4, 0.5) is 11.4 Å². The van der Waals surface area contributed by atoms with Gasteiger partial charge in [-0.2, -0.15) is 0 Å². The Kier molecular flexibility index (Phi) is 4.58. The Balaban J connectivity index is 2.25. The quantitative estimate of drug-likeness (QED) is 0.777. The van der Waals surface area contributed by atoms with Crippen LogP contribution >= 0.6 is 0 Å². The molecule has 1 aromatic carbocycles. The van der Waals surface area contributed by atoms with Gasteiger partial charge in [-0.3, -0.25) is 9.59 Å². The third-order valence-corrected chi connectivity index (χ3v) is 4.08. The monoisotopic (exact) mass is 319 g/mol. The molecule has 2 rings (SSSR count). The number of fused-ring (bicyclic) bond motifs is 1. The molecular weight excluding hydrogens is 298 g/mol. The zero-order chi connectivity index (χ0) is 17.3. The Labute approximate surface area is 134 Å². The SMILES string of the molecule is CC(C)[C@H](NC(=O)c1ccc2c(c1)NC(=O)C(C)N2C)C(=O)O. The van der Waals surface area contributed by atoms with Crippen molar-refractivity contribution in [3.63, 3.8) is 0 Å². The number of rotatable bonds is 4. The minimum Gasteiger partial charge on any atom is -0.480 e. The van der Waals surface area contributed by atoms with Crippen LogP contribution in [-0.2, 0) is 9.59 Å². The number of amides is 2.